The van der Waals surface area contributed by atoms with Gasteiger partial charge in [-0.05, 0) is 0 Å². The molecule has 0 saturated heterocycles. The minimum atomic E-state index is -0.316. The second-order valence-electron chi connectivity index (χ2n) is 4.98. The van der Waals surface area contributed by atoms with Gasteiger partial charge in [-0.2, -0.15) is 5.10 Å². The Morgan fingerprint density at radius 1 is 1.25 bits per heavy atom. The van der Waals surface area contributed by atoms with Crippen molar-refractivity contribution in [3.63, 3.8) is 0 Å². The first kappa shape index (κ1) is 12.9. The molecule has 4 nitrogen and oxygen atoms in total. The molecule has 0 aliphatic rings. The second-order valence-corrected chi connectivity index (χ2v) is 4.98. The molecule has 0 spiro atoms. The van der Waals surface area contributed by atoms with Crippen LogP contribution in [0.5, 0.6) is 0 Å². The van der Waals surface area contributed by atoms with Crippen LogP contribution in [0, 0.1) is 5.41 Å². The fraction of sp³-hybridized carbons (Fsp3) is 0.750. The van der Waals surface area contributed by atoms with Crippen LogP contribution in [-0.2, 0) is 24.2 Å². The predicted octanol–water partition coefficient (Wildman–Crippen LogP) is 2.02. The third kappa shape index (κ3) is 2.90. The number of carbonyl (C=O) groups is 1. The first-order valence-electron chi connectivity index (χ1n) is 5.84. The van der Waals surface area contributed by atoms with Gasteiger partial charge in [0.2, 0.25) is 0 Å². The van der Waals surface area contributed by atoms with Gasteiger partial charge in [-0.25, -0.2) is 9.67 Å². The maximum absolute atomic E-state index is 11.9. The first-order chi connectivity index (χ1) is 7.38. The van der Waals surface area contributed by atoms with E-state index in [0.29, 0.717) is 6.54 Å². The molecular formula is C12H21N3O. The van der Waals surface area contributed by atoms with E-state index in [0.717, 1.165) is 24.5 Å². The van der Waals surface area contributed by atoms with Gasteiger partial charge in [0.05, 0.1) is 0 Å². The average molecular weight is 223 g/mol. The summed E-state index contributed by atoms with van der Waals surface area (Å²) < 4.78 is 1.74. The molecule has 1 rings (SSSR count). The van der Waals surface area contributed by atoms with E-state index in [2.05, 4.69) is 10.1 Å². The van der Waals surface area contributed by atoms with Gasteiger partial charge < -0.3 is 0 Å². The largest absolute Gasteiger partial charge is 0.297 e. The molecule has 0 radical (unpaired) electrons. The summed E-state index contributed by atoms with van der Waals surface area (Å²) in [6, 6.07) is 0. The number of hydrogen-bond acceptors (Lipinski definition) is 3. The summed E-state index contributed by atoms with van der Waals surface area (Å²) in [7, 11) is 0. The predicted molar refractivity (Wildman–Crippen MR) is 63.2 cm³/mol. The Balaban J connectivity index is 2.88. The number of carbonyl (C=O) groups excluding carboxylic acids is 1. The van der Waals surface area contributed by atoms with Crippen molar-refractivity contribution in [2.45, 2.75) is 54.0 Å². The quantitative estimate of drug-likeness (QED) is 0.784. The van der Waals surface area contributed by atoms with Crippen LogP contribution in [0.15, 0.2) is 0 Å². The van der Waals surface area contributed by atoms with Crippen LogP contribution in [0.4, 0.5) is 0 Å². The molecule has 0 N–H and O–H groups in total. The van der Waals surface area contributed by atoms with Crippen molar-refractivity contribution in [2.24, 2.45) is 5.41 Å². The van der Waals surface area contributed by atoms with E-state index < -0.39 is 0 Å². The van der Waals surface area contributed by atoms with Crippen LogP contribution < -0.4 is 0 Å². The molecule has 0 aromatic carbocycles. The zero-order valence-corrected chi connectivity index (χ0v) is 10.9. The number of hydrogen-bond donors (Lipinski definition) is 0. The number of aryl methyl sites for hydroxylation is 2. The Kier molecular flexibility index (Phi) is 3.83. The van der Waals surface area contributed by atoms with Crippen LogP contribution in [-0.4, -0.2) is 20.5 Å². The third-order valence-corrected chi connectivity index (χ3v) is 2.55. The van der Waals surface area contributed by atoms with Crippen molar-refractivity contribution >= 4 is 5.78 Å². The lowest BCUT2D eigenvalue weighted by Gasteiger charge is -2.16. The van der Waals surface area contributed by atoms with Crippen molar-refractivity contribution in [3.05, 3.63) is 11.6 Å². The van der Waals surface area contributed by atoms with Crippen LogP contribution >= 0.6 is 0 Å². The maximum Gasteiger partial charge on any atom is 0.159 e. The fourth-order valence-corrected chi connectivity index (χ4v) is 1.34. The minimum Gasteiger partial charge on any atom is -0.297 e. The van der Waals surface area contributed by atoms with E-state index in [1.807, 2.05) is 34.6 Å². The normalized spacial score (nSPS) is 11.8. The molecule has 1 aromatic heterocycles. The molecule has 90 valence electrons. The van der Waals surface area contributed by atoms with E-state index >= 15 is 0 Å². The van der Waals surface area contributed by atoms with Crippen LogP contribution in [0.2, 0.25) is 0 Å². The molecular weight excluding hydrogens is 202 g/mol. The Labute approximate surface area is 97.1 Å². The second kappa shape index (κ2) is 4.76. The van der Waals surface area contributed by atoms with Gasteiger partial charge in [-0.1, -0.05) is 34.6 Å². The van der Waals surface area contributed by atoms with Gasteiger partial charge in [0.1, 0.15) is 12.4 Å². The highest BCUT2D eigenvalue weighted by Crippen LogP contribution is 2.16. The lowest BCUT2D eigenvalue weighted by molar-refractivity contribution is -0.127. The summed E-state index contributed by atoms with van der Waals surface area (Å²) >= 11 is 0. The van der Waals surface area contributed by atoms with Crippen molar-refractivity contribution in [1.29, 1.82) is 0 Å². The maximum atomic E-state index is 11.9. The van der Waals surface area contributed by atoms with E-state index in [1.54, 1.807) is 4.68 Å². The zero-order valence-electron chi connectivity index (χ0n) is 10.9. The Morgan fingerprint density at radius 2 is 1.88 bits per heavy atom. The molecule has 0 aliphatic heterocycles. The molecule has 1 heterocycles. The summed E-state index contributed by atoms with van der Waals surface area (Å²) in [4.78, 5) is 16.3. The number of ketones is 1. The van der Waals surface area contributed by atoms with Gasteiger partial charge >= 0.3 is 0 Å². The Hall–Kier alpha value is -1.19. The standard InChI is InChI=1S/C12H21N3O/c1-6-10-13-11(7-2)15(14-10)8-9(16)12(3,4)5/h6-8H2,1-5H3. The molecule has 0 aliphatic carbocycles. The molecule has 0 atom stereocenters. The lowest BCUT2D eigenvalue weighted by atomic mass is 9.91. The SMILES string of the molecule is CCc1nc(CC)n(CC(=O)C(C)(C)C)n1. The van der Waals surface area contributed by atoms with E-state index in [9.17, 15) is 4.79 Å². The molecule has 0 bridgehead atoms. The monoisotopic (exact) mass is 223 g/mol. The summed E-state index contributed by atoms with van der Waals surface area (Å²) in [6.45, 7) is 10.2. The minimum absolute atomic E-state index is 0.190. The number of rotatable bonds is 4. The van der Waals surface area contributed by atoms with Crippen LogP contribution in [0.25, 0.3) is 0 Å². The highest BCUT2D eigenvalue weighted by atomic mass is 16.1. The number of nitrogens with zero attached hydrogens (tertiary/aromatic N) is 3. The van der Waals surface area contributed by atoms with E-state index in [1.165, 1.54) is 0 Å². The van der Waals surface area contributed by atoms with Crippen molar-refractivity contribution in [2.75, 3.05) is 0 Å². The zero-order chi connectivity index (χ0) is 12.3. The highest BCUT2D eigenvalue weighted by Gasteiger charge is 2.22. The molecule has 0 unspecified atom stereocenters. The van der Waals surface area contributed by atoms with Gasteiger partial charge in [0.15, 0.2) is 11.6 Å². The number of Topliss-reactive ketones (excluding diaryl/α,β-unsaturated/α-hetero) is 1. The molecule has 4 heteroatoms. The first-order valence-corrected chi connectivity index (χ1v) is 5.84. The summed E-state index contributed by atoms with van der Waals surface area (Å²) in [5, 5.41) is 4.34. The van der Waals surface area contributed by atoms with Crippen molar-refractivity contribution < 1.29 is 4.79 Å². The number of aromatic nitrogens is 3. The summed E-state index contributed by atoms with van der Waals surface area (Å²) in [6.07, 6.45) is 1.62. The van der Waals surface area contributed by atoms with E-state index in [-0.39, 0.29) is 11.2 Å². The highest BCUT2D eigenvalue weighted by molar-refractivity contribution is 5.83. The Morgan fingerprint density at radius 3 is 2.31 bits per heavy atom. The van der Waals surface area contributed by atoms with Crippen molar-refractivity contribution in [3.8, 4) is 0 Å². The molecule has 0 amide bonds. The van der Waals surface area contributed by atoms with Crippen LogP contribution in [0.3, 0.4) is 0 Å². The topological polar surface area (TPSA) is 47.8 Å². The summed E-state index contributed by atoms with van der Waals surface area (Å²) in [5.74, 6) is 1.91. The smallest absolute Gasteiger partial charge is 0.159 e. The van der Waals surface area contributed by atoms with E-state index in [4.69, 9.17) is 0 Å². The van der Waals surface area contributed by atoms with Crippen molar-refractivity contribution in [1.82, 2.24) is 14.8 Å². The van der Waals surface area contributed by atoms with Crippen LogP contribution in [0.1, 0.15) is 46.3 Å². The van der Waals surface area contributed by atoms with Gasteiger partial charge in [-0.3, -0.25) is 4.79 Å². The lowest BCUT2D eigenvalue weighted by Crippen LogP contribution is -2.26. The third-order valence-electron chi connectivity index (χ3n) is 2.55. The van der Waals surface area contributed by atoms with Gasteiger partial charge in [0, 0.05) is 18.3 Å². The molecule has 1 aromatic rings. The fourth-order valence-electron chi connectivity index (χ4n) is 1.34. The molecule has 0 fully saturated rings. The average Bonchev–Trinajstić information content (AvgIpc) is 2.59. The summed E-state index contributed by atoms with van der Waals surface area (Å²) in [5.41, 5.74) is -0.316. The van der Waals surface area contributed by atoms with Gasteiger partial charge in [0.25, 0.3) is 0 Å². The van der Waals surface area contributed by atoms with Gasteiger partial charge in [-0.15, -0.1) is 0 Å². The Bertz CT molecular complexity index is 374. The molecule has 16 heavy (non-hydrogen) atoms. The molecule has 0 saturated carbocycles.